The van der Waals surface area contributed by atoms with Gasteiger partial charge in [-0.25, -0.2) is 0 Å². The number of nitro benzene ring substituents is 1. The summed E-state index contributed by atoms with van der Waals surface area (Å²) in [6.45, 7) is 2.22. The SMILES string of the molecule is C[C@H](Sc1nnc(-c2cccc([N+](=O)[O-])c2)o1)C(=O)NCc1cccs1. The number of carbonyl (C=O) groups excluding carboxylic acids is 1. The second kappa shape index (κ2) is 8.11. The molecule has 134 valence electrons. The summed E-state index contributed by atoms with van der Waals surface area (Å²) in [6, 6.07) is 9.82. The van der Waals surface area contributed by atoms with Gasteiger partial charge in [-0.05, 0) is 24.4 Å². The third-order valence-corrected chi connectivity index (χ3v) is 5.18. The zero-order valence-electron chi connectivity index (χ0n) is 13.6. The van der Waals surface area contributed by atoms with Gasteiger partial charge >= 0.3 is 0 Å². The number of nitro groups is 1. The Kier molecular flexibility index (Phi) is 5.64. The molecule has 1 amide bonds. The maximum absolute atomic E-state index is 12.1. The van der Waals surface area contributed by atoms with Crippen LogP contribution in [0.3, 0.4) is 0 Å². The number of hydrogen-bond acceptors (Lipinski definition) is 8. The van der Waals surface area contributed by atoms with Crippen molar-refractivity contribution in [3.63, 3.8) is 0 Å². The van der Waals surface area contributed by atoms with Crippen LogP contribution in [0.15, 0.2) is 51.4 Å². The molecule has 1 N–H and O–H groups in total. The topological polar surface area (TPSA) is 111 Å². The van der Waals surface area contributed by atoms with Gasteiger partial charge in [0.2, 0.25) is 11.8 Å². The number of thioether (sulfide) groups is 1. The third kappa shape index (κ3) is 4.46. The highest BCUT2D eigenvalue weighted by Gasteiger charge is 2.19. The molecular weight excluding hydrogens is 376 g/mol. The average Bonchev–Trinajstić information content (AvgIpc) is 3.31. The largest absolute Gasteiger partial charge is 0.411 e. The summed E-state index contributed by atoms with van der Waals surface area (Å²) in [5.41, 5.74) is 0.393. The van der Waals surface area contributed by atoms with E-state index in [4.69, 9.17) is 4.42 Å². The van der Waals surface area contributed by atoms with Gasteiger partial charge in [-0.3, -0.25) is 14.9 Å². The molecule has 8 nitrogen and oxygen atoms in total. The first-order valence-corrected chi connectivity index (χ1v) is 9.34. The lowest BCUT2D eigenvalue weighted by Crippen LogP contribution is -2.30. The molecule has 1 atom stereocenters. The molecule has 0 aliphatic heterocycles. The first-order valence-electron chi connectivity index (χ1n) is 7.58. The summed E-state index contributed by atoms with van der Waals surface area (Å²) in [5, 5.41) is 23.2. The molecule has 0 saturated heterocycles. The molecule has 0 aliphatic rings. The Morgan fingerprint density at radius 3 is 2.96 bits per heavy atom. The molecule has 0 unspecified atom stereocenters. The molecule has 3 rings (SSSR count). The summed E-state index contributed by atoms with van der Waals surface area (Å²) >= 11 is 2.71. The summed E-state index contributed by atoms with van der Waals surface area (Å²) in [5.74, 6) is 0.0286. The van der Waals surface area contributed by atoms with Crippen molar-refractivity contribution in [2.24, 2.45) is 0 Å². The predicted molar refractivity (Wildman–Crippen MR) is 97.9 cm³/mol. The summed E-state index contributed by atoms with van der Waals surface area (Å²) < 4.78 is 5.52. The quantitative estimate of drug-likeness (QED) is 0.373. The number of non-ortho nitro benzene ring substituents is 1. The minimum absolute atomic E-state index is 0.0591. The number of rotatable bonds is 7. The Bertz CT molecular complexity index is 911. The first-order chi connectivity index (χ1) is 12.5. The molecule has 0 spiro atoms. The molecule has 1 aromatic carbocycles. The Labute approximate surface area is 156 Å². The number of amides is 1. The van der Waals surface area contributed by atoms with Gasteiger partial charge in [-0.1, -0.05) is 23.9 Å². The van der Waals surface area contributed by atoms with Crippen molar-refractivity contribution in [3.8, 4) is 11.5 Å². The molecule has 0 bridgehead atoms. The fourth-order valence-electron chi connectivity index (χ4n) is 2.06. The van der Waals surface area contributed by atoms with Crippen LogP contribution >= 0.6 is 23.1 Å². The van der Waals surface area contributed by atoms with E-state index in [-0.39, 0.29) is 22.7 Å². The van der Waals surface area contributed by atoms with Crippen LogP contribution in [0.25, 0.3) is 11.5 Å². The van der Waals surface area contributed by atoms with Gasteiger partial charge in [0.05, 0.1) is 16.7 Å². The van der Waals surface area contributed by atoms with E-state index in [9.17, 15) is 14.9 Å². The number of hydrogen-bond donors (Lipinski definition) is 1. The van der Waals surface area contributed by atoms with E-state index in [1.807, 2.05) is 17.5 Å². The molecule has 0 fully saturated rings. The van der Waals surface area contributed by atoms with Crippen molar-refractivity contribution in [2.45, 2.75) is 23.9 Å². The molecular formula is C16H14N4O4S2. The number of thiophene rings is 1. The van der Waals surface area contributed by atoms with Crippen molar-refractivity contribution in [1.82, 2.24) is 15.5 Å². The van der Waals surface area contributed by atoms with E-state index in [2.05, 4.69) is 15.5 Å². The van der Waals surface area contributed by atoms with E-state index < -0.39 is 10.2 Å². The molecule has 3 aromatic rings. The van der Waals surface area contributed by atoms with E-state index in [1.54, 1.807) is 30.4 Å². The minimum atomic E-state index is -0.491. The maximum atomic E-state index is 12.1. The monoisotopic (exact) mass is 390 g/mol. The highest BCUT2D eigenvalue weighted by atomic mass is 32.2. The zero-order valence-corrected chi connectivity index (χ0v) is 15.3. The van der Waals surface area contributed by atoms with Gasteiger partial charge in [-0.15, -0.1) is 21.5 Å². The fourth-order valence-corrected chi connectivity index (χ4v) is 3.41. The predicted octanol–water partition coefficient (Wildman–Crippen LogP) is 3.50. The highest BCUT2D eigenvalue weighted by Crippen LogP contribution is 2.28. The average molecular weight is 390 g/mol. The summed E-state index contributed by atoms with van der Waals surface area (Å²) in [7, 11) is 0. The summed E-state index contributed by atoms with van der Waals surface area (Å²) in [6.07, 6.45) is 0. The molecule has 10 heteroatoms. The van der Waals surface area contributed by atoms with E-state index in [0.29, 0.717) is 12.1 Å². The van der Waals surface area contributed by atoms with Crippen LogP contribution in [0, 0.1) is 10.1 Å². The fraction of sp³-hybridized carbons (Fsp3) is 0.188. The normalized spacial score (nSPS) is 11.9. The van der Waals surface area contributed by atoms with Crippen LogP contribution in [0.2, 0.25) is 0 Å². The van der Waals surface area contributed by atoms with Crippen molar-refractivity contribution >= 4 is 34.7 Å². The molecule has 2 heterocycles. The second-order valence-corrected chi connectivity index (χ2v) is 7.56. The van der Waals surface area contributed by atoms with Crippen molar-refractivity contribution in [1.29, 1.82) is 0 Å². The van der Waals surface area contributed by atoms with Crippen LogP contribution in [-0.2, 0) is 11.3 Å². The van der Waals surface area contributed by atoms with Crippen LogP contribution < -0.4 is 5.32 Å². The molecule has 0 radical (unpaired) electrons. The molecule has 26 heavy (non-hydrogen) atoms. The van der Waals surface area contributed by atoms with Crippen LogP contribution in [0.4, 0.5) is 5.69 Å². The smallest absolute Gasteiger partial charge is 0.277 e. The van der Waals surface area contributed by atoms with Crippen LogP contribution in [0.1, 0.15) is 11.8 Å². The lowest BCUT2D eigenvalue weighted by Gasteiger charge is -2.08. The van der Waals surface area contributed by atoms with Gasteiger partial charge in [-0.2, -0.15) is 0 Å². The zero-order chi connectivity index (χ0) is 18.5. The number of nitrogens with one attached hydrogen (secondary N) is 1. The third-order valence-electron chi connectivity index (χ3n) is 3.37. The second-order valence-electron chi connectivity index (χ2n) is 5.24. The van der Waals surface area contributed by atoms with Crippen molar-refractivity contribution in [2.75, 3.05) is 0 Å². The number of carbonyl (C=O) groups is 1. The molecule has 2 aromatic heterocycles. The maximum Gasteiger partial charge on any atom is 0.277 e. The lowest BCUT2D eigenvalue weighted by molar-refractivity contribution is -0.384. The van der Waals surface area contributed by atoms with Crippen molar-refractivity contribution in [3.05, 3.63) is 56.8 Å². The van der Waals surface area contributed by atoms with E-state index in [0.717, 1.165) is 16.6 Å². The van der Waals surface area contributed by atoms with Gasteiger partial charge in [0.25, 0.3) is 10.9 Å². The Morgan fingerprint density at radius 1 is 1.38 bits per heavy atom. The van der Waals surface area contributed by atoms with Gasteiger partial charge in [0.15, 0.2) is 0 Å². The van der Waals surface area contributed by atoms with Crippen LogP contribution in [-0.4, -0.2) is 26.3 Å². The lowest BCUT2D eigenvalue weighted by atomic mass is 10.2. The number of aromatic nitrogens is 2. The Balaban J connectivity index is 1.61. The van der Waals surface area contributed by atoms with Gasteiger partial charge < -0.3 is 9.73 Å². The Hall–Kier alpha value is -2.72. The van der Waals surface area contributed by atoms with E-state index in [1.165, 1.54) is 12.1 Å². The Morgan fingerprint density at radius 2 is 2.23 bits per heavy atom. The van der Waals surface area contributed by atoms with Gasteiger partial charge in [0.1, 0.15) is 0 Å². The number of benzene rings is 1. The van der Waals surface area contributed by atoms with E-state index >= 15 is 0 Å². The van der Waals surface area contributed by atoms with Gasteiger partial charge in [0, 0.05) is 22.6 Å². The minimum Gasteiger partial charge on any atom is -0.411 e. The number of nitrogens with zero attached hydrogens (tertiary/aromatic N) is 3. The molecule has 0 aliphatic carbocycles. The standard InChI is InChI=1S/C16H14N4O4S2/c1-10(14(21)17-9-13-6-3-7-25-13)26-16-19-18-15(24-16)11-4-2-5-12(8-11)20(22)23/h2-8,10H,9H2,1H3,(H,17,21)/t10-/m0/s1. The molecule has 0 saturated carbocycles. The first kappa shape index (κ1) is 18.1. The van der Waals surface area contributed by atoms with Crippen LogP contribution in [0.5, 0.6) is 0 Å². The summed E-state index contributed by atoms with van der Waals surface area (Å²) in [4.78, 5) is 23.6. The van der Waals surface area contributed by atoms with Crippen molar-refractivity contribution < 1.29 is 14.1 Å². The highest BCUT2D eigenvalue weighted by molar-refractivity contribution is 8.00.